The van der Waals surface area contributed by atoms with Crippen LogP contribution in [0.4, 0.5) is 5.95 Å². The number of para-hydroxylation sites is 3. The third kappa shape index (κ3) is 5.33. The van der Waals surface area contributed by atoms with Crippen molar-refractivity contribution < 1.29 is 9.47 Å². The van der Waals surface area contributed by atoms with Gasteiger partial charge in [-0.2, -0.15) is 0 Å². The van der Waals surface area contributed by atoms with Gasteiger partial charge in [-0.15, -0.1) is 0 Å². The number of rotatable bonds is 10. The maximum Gasteiger partial charge on any atom is 0.220 e. The number of hydrogen-bond acceptors (Lipinski definition) is 5. The van der Waals surface area contributed by atoms with Crippen molar-refractivity contribution in [2.24, 2.45) is 0 Å². The molecule has 0 saturated carbocycles. The van der Waals surface area contributed by atoms with E-state index in [-0.39, 0.29) is 0 Å². The Hall–Kier alpha value is -2.82. The molecule has 0 radical (unpaired) electrons. The molecule has 0 unspecified atom stereocenters. The second-order valence-electron chi connectivity index (χ2n) is 6.56. The van der Waals surface area contributed by atoms with Gasteiger partial charge in [-0.25, -0.2) is 9.97 Å². The first kappa shape index (κ1) is 19.0. The van der Waals surface area contributed by atoms with Crippen LogP contribution >= 0.6 is 0 Å². The fourth-order valence-electron chi connectivity index (χ4n) is 3.20. The number of nitrogens with zero attached hydrogens (tertiary/aromatic N) is 2. The van der Waals surface area contributed by atoms with Gasteiger partial charge < -0.3 is 15.2 Å². The molecule has 1 heterocycles. The number of unbranched alkanes of at least 4 members (excludes halogenated alkanes) is 4. The lowest BCUT2D eigenvalue weighted by Crippen LogP contribution is -2.01. The van der Waals surface area contributed by atoms with Gasteiger partial charge in [0.25, 0.3) is 0 Å². The summed E-state index contributed by atoms with van der Waals surface area (Å²) in [6.07, 6.45) is 6.60. The Morgan fingerprint density at radius 1 is 0.815 bits per heavy atom. The molecule has 2 N–H and O–H groups in total. The summed E-state index contributed by atoms with van der Waals surface area (Å²) in [7, 11) is 1.66. The lowest BCUT2D eigenvalue weighted by molar-refractivity contribution is 0.284. The molecule has 0 aliphatic carbocycles. The van der Waals surface area contributed by atoms with E-state index in [0.717, 1.165) is 53.8 Å². The number of benzene rings is 2. The van der Waals surface area contributed by atoms with Gasteiger partial charge in [0.05, 0.1) is 24.9 Å². The van der Waals surface area contributed by atoms with Crippen LogP contribution in [0.15, 0.2) is 48.5 Å². The van der Waals surface area contributed by atoms with Crippen LogP contribution in [0, 0.1) is 0 Å². The van der Waals surface area contributed by atoms with E-state index in [9.17, 15) is 0 Å². The first-order chi connectivity index (χ1) is 13.3. The lowest BCUT2D eigenvalue weighted by Gasteiger charge is -2.10. The Morgan fingerprint density at radius 3 is 2.37 bits per heavy atom. The van der Waals surface area contributed by atoms with Crippen LogP contribution < -0.4 is 15.2 Å². The molecular formula is C22H27N3O2. The fraction of sp³-hybridized carbons (Fsp3) is 0.364. The minimum absolute atomic E-state index is 0.359. The predicted molar refractivity (Wildman–Crippen MR) is 109 cm³/mol. The number of methoxy groups -OCH3 is 1. The minimum Gasteiger partial charge on any atom is -0.493 e. The topological polar surface area (TPSA) is 70.3 Å². The first-order valence-corrected chi connectivity index (χ1v) is 9.55. The summed E-state index contributed by atoms with van der Waals surface area (Å²) in [6.45, 7) is 0.716. The molecule has 3 rings (SSSR count). The van der Waals surface area contributed by atoms with Crippen LogP contribution in [0.2, 0.25) is 0 Å². The van der Waals surface area contributed by atoms with Crippen molar-refractivity contribution >= 4 is 16.9 Å². The number of anilines is 1. The smallest absolute Gasteiger partial charge is 0.220 e. The number of aromatic nitrogens is 2. The SMILES string of the molecule is COc1ccccc1OCCCCCCCc1nc(N)nc2ccccc12. The highest BCUT2D eigenvalue weighted by Crippen LogP contribution is 2.26. The summed E-state index contributed by atoms with van der Waals surface area (Å²) in [5, 5.41) is 1.11. The number of hydrogen-bond donors (Lipinski definition) is 1. The summed E-state index contributed by atoms with van der Waals surface area (Å²) < 4.78 is 11.1. The summed E-state index contributed by atoms with van der Waals surface area (Å²) >= 11 is 0. The molecule has 142 valence electrons. The van der Waals surface area contributed by atoms with E-state index in [1.165, 1.54) is 12.8 Å². The van der Waals surface area contributed by atoms with Gasteiger partial charge in [-0.1, -0.05) is 49.6 Å². The van der Waals surface area contributed by atoms with Gasteiger partial charge in [-0.3, -0.25) is 0 Å². The number of ether oxygens (including phenoxy) is 2. The van der Waals surface area contributed by atoms with Crippen molar-refractivity contribution in [2.75, 3.05) is 19.5 Å². The van der Waals surface area contributed by atoms with Gasteiger partial charge in [0.1, 0.15) is 0 Å². The first-order valence-electron chi connectivity index (χ1n) is 9.55. The molecule has 0 amide bonds. The van der Waals surface area contributed by atoms with Gasteiger partial charge >= 0.3 is 0 Å². The largest absolute Gasteiger partial charge is 0.493 e. The molecule has 0 bridgehead atoms. The second kappa shape index (κ2) is 9.76. The molecule has 27 heavy (non-hydrogen) atoms. The van der Waals surface area contributed by atoms with Crippen LogP contribution in [-0.2, 0) is 6.42 Å². The Bertz CT molecular complexity index is 867. The van der Waals surface area contributed by atoms with Crippen molar-refractivity contribution in [3.63, 3.8) is 0 Å². The van der Waals surface area contributed by atoms with Crippen LogP contribution in [0.3, 0.4) is 0 Å². The number of fused-ring (bicyclic) bond motifs is 1. The third-order valence-electron chi connectivity index (χ3n) is 4.58. The molecule has 0 spiro atoms. The van der Waals surface area contributed by atoms with Gasteiger partial charge in [0.2, 0.25) is 5.95 Å². The molecule has 3 aromatic rings. The van der Waals surface area contributed by atoms with E-state index in [4.69, 9.17) is 15.2 Å². The quantitative estimate of drug-likeness (QED) is 0.523. The van der Waals surface area contributed by atoms with Crippen LogP contribution in [0.25, 0.3) is 10.9 Å². The molecule has 2 aromatic carbocycles. The molecule has 5 nitrogen and oxygen atoms in total. The average Bonchev–Trinajstić information content (AvgIpc) is 2.70. The molecular weight excluding hydrogens is 338 g/mol. The maximum atomic E-state index is 5.83. The van der Waals surface area contributed by atoms with E-state index in [2.05, 4.69) is 16.0 Å². The predicted octanol–water partition coefficient (Wildman–Crippen LogP) is 4.79. The zero-order valence-electron chi connectivity index (χ0n) is 15.9. The van der Waals surface area contributed by atoms with Crippen molar-refractivity contribution in [3.05, 3.63) is 54.2 Å². The average molecular weight is 365 g/mol. The molecule has 0 fully saturated rings. The van der Waals surface area contributed by atoms with E-state index in [0.29, 0.717) is 12.6 Å². The van der Waals surface area contributed by atoms with E-state index < -0.39 is 0 Å². The monoisotopic (exact) mass is 365 g/mol. The maximum absolute atomic E-state index is 5.83. The van der Waals surface area contributed by atoms with Crippen molar-refractivity contribution in [1.82, 2.24) is 9.97 Å². The Kier molecular flexibility index (Phi) is 6.85. The molecule has 5 heteroatoms. The molecule has 0 atom stereocenters. The van der Waals surface area contributed by atoms with Gasteiger partial charge in [0.15, 0.2) is 11.5 Å². The van der Waals surface area contributed by atoms with E-state index in [1.807, 2.05) is 42.5 Å². The van der Waals surface area contributed by atoms with Crippen molar-refractivity contribution in [2.45, 2.75) is 38.5 Å². The minimum atomic E-state index is 0.359. The highest BCUT2D eigenvalue weighted by molar-refractivity contribution is 5.81. The number of aryl methyl sites for hydroxylation is 1. The zero-order valence-corrected chi connectivity index (χ0v) is 15.9. The fourth-order valence-corrected chi connectivity index (χ4v) is 3.20. The van der Waals surface area contributed by atoms with Crippen LogP contribution in [-0.4, -0.2) is 23.7 Å². The standard InChI is InChI=1S/C22H27N3O2/c1-26-20-14-8-9-15-21(20)27-16-10-4-2-3-5-12-18-17-11-6-7-13-19(17)25-22(23)24-18/h6-9,11,13-15H,2-5,10,12,16H2,1H3,(H2,23,24,25). The lowest BCUT2D eigenvalue weighted by atomic mass is 10.1. The normalized spacial score (nSPS) is 10.9. The Balaban J connectivity index is 1.36. The van der Waals surface area contributed by atoms with Gasteiger partial charge in [-0.05, 0) is 37.5 Å². The van der Waals surface area contributed by atoms with E-state index in [1.54, 1.807) is 7.11 Å². The summed E-state index contributed by atoms with van der Waals surface area (Å²) in [5.41, 5.74) is 7.81. The van der Waals surface area contributed by atoms with Gasteiger partial charge in [0, 0.05) is 5.39 Å². The number of nitrogen functional groups attached to an aromatic ring is 1. The third-order valence-corrected chi connectivity index (χ3v) is 4.58. The Labute approximate surface area is 160 Å². The summed E-state index contributed by atoms with van der Waals surface area (Å²) in [4.78, 5) is 8.73. The zero-order chi connectivity index (χ0) is 18.9. The van der Waals surface area contributed by atoms with Crippen LogP contribution in [0.5, 0.6) is 11.5 Å². The van der Waals surface area contributed by atoms with Crippen molar-refractivity contribution in [3.8, 4) is 11.5 Å². The second-order valence-corrected chi connectivity index (χ2v) is 6.56. The Morgan fingerprint density at radius 2 is 1.52 bits per heavy atom. The van der Waals surface area contributed by atoms with Crippen molar-refractivity contribution in [1.29, 1.82) is 0 Å². The van der Waals surface area contributed by atoms with E-state index >= 15 is 0 Å². The molecule has 0 aliphatic rings. The highest BCUT2D eigenvalue weighted by Gasteiger charge is 2.06. The molecule has 0 aliphatic heterocycles. The molecule has 0 saturated heterocycles. The summed E-state index contributed by atoms with van der Waals surface area (Å²) in [5.74, 6) is 1.96. The van der Waals surface area contributed by atoms with Crippen LogP contribution in [0.1, 0.15) is 37.8 Å². The highest BCUT2D eigenvalue weighted by atomic mass is 16.5. The number of nitrogens with two attached hydrogens (primary N) is 1. The molecule has 1 aromatic heterocycles. The summed E-state index contributed by atoms with van der Waals surface area (Å²) in [6, 6.07) is 15.8.